The van der Waals surface area contributed by atoms with Crippen molar-refractivity contribution in [2.45, 2.75) is 36.6 Å². The third kappa shape index (κ3) is 2.18. The summed E-state index contributed by atoms with van der Waals surface area (Å²) in [5.74, 6) is 0.166. The van der Waals surface area contributed by atoms with Crippen LogP contribution in [0.15, 0.2) is 4.34 Å². The minimum absolute atomic E-state index is 0.0108. The quantitative estimate of drug-likeness (QED) is 0.769. The lowest BCUT2D eigenvalue weighted by atomic mass is 9.98. The van der Waals surface area contributed by atoms with Gasteiger partial charge in [-0.3, -0.25) is 4.79 Å². The number of hydrogen-bond acceptors (Lipinski definition) is 5. The molecule has 3 nitrogen and oxygen atoms in total. The first-order chi connectivity index (χ1) is 7.02. The van der Waals surface area contributed by atoms with E-state index in [9.17, 15) is 4.79 Å². The molecule has 0 unspecified atom stereocenters. The molecule has 1 N–H and O–H groups in total. The summed E-state index contributed by atoms with van der Waals surface area (Å²) in [6.45, 7) is 4.24. The molecular formula is C10H14N2OS2. The average Bonchev–Trinajstić information content (AvgIpc) is 2.52. The van der Waals surface area contributed by atoms with E-state index < -0.39 is 0 Å². The Hall–Kier alpha value is -0.550. The van der Waals surface area contributed by atoms with Crippen molar-refractivity contribution in [3.8, 4) is 0 Å². The molecule has 0 fully saturated rings. The normalized spacial score (nSPS) is 19.3. The number of ketones is 1. The van der Waals surface area contributed by atoms with Gasteiger partial charge >= 0.3 is 0 Å². The van der Waals surface area contributed by atoms with Crippen molar-refractivity contribution in [2.75, 3.05) is 11.6 Å². The first-order valence-corrected chi connectivity index (χ1v) is 6.92. The summed E-state index contributed by atoms with van der Waals surface area (Å²) in [6, 6.07) is 0. The van der Waals surface area contributed by atoms with Gasteiger partial charge in [0.2, 0.25) is 0 Å². The van der Waals surface area contributed by atoms with Gasteiger partial charge < -0.3 is 5.32 Å². The summed E-state index contributed by atoms with van der Waals surface area (Å²) in [4.78, 5) is 16.2. The predicted octanol–water partition coefficient (Wildman–Crippen LogP) is 3.03. The monoisotopic (exact) mass is 242 g/mol. The van der Waals surface area contributed by atoms with E-state index in [0.29, 0.717) is 12.1 Å². The molecule has 1 aliphatic rings. The van der Waals surface area contributed by atoms with Gasteiger partial charge in [-0.25, -0.2) is 4.98 Å². The van der Waals surface area contributed by atoms with Crippen LogP contribution in [-0.4, -0.2) is 22.6 Å². The van der Waals surface area contributed by atoms with Gasteiger partial charge in [0.05, 0.1) is 0 Å². The number of anilines is 1. The second kappa shape index (κ2) is 3.79. The van der Waals surface area contributed by atoms with Crippen molar-refractivity contribution < 1.29 is 4.79 Å². The van der Waals surface area contributed by atoms with Crippen LogP contribution in [0.3, 0.4) is 0 Å². The number of nitrogens with one attached hydrogen (secondary N) is 1. The predicted molar refractivity (Wildman–Crippen MR) is 65.2 cm³/mol. The van der Waals surface area contributed by atoms with E-state index in [1.165, 1.54) is 0 Å². The molecule has 0 saturated carbocycles. The third-order valence-corrected chi connectivity index (χ3v) is 4.43. The van der Waals surface area contributed by atoms with Crippen LogP contribution in [-0.2, 0) is 0 Å². The molecule has 1 aromatic heterocycles. The molecule has 0 spiro atoms. The molecule has 82 valence electrons. The van der Waals surface area contributed by atoms with Crippen molar-refractivity contribution in [1.82, 2.24) is 4.98 Å². The molecule has 15 heavy (non-hydrogen) atoms. The Labute approximate surface area is 97.7 Å². The van der Waals surface area contributed by atoms with Crippen molar-refractivity contribution in [3.63, 3.8) is 0 Å². The zero-order valence-corrected chi connectivity index (χ0v) is 10.7. The van der Waals surface area contributed by atoms with E-state index in [1.807, 2.05) is 6.26 Å². The van der Waals surface area contributed by atoms with Gasteiger partial charge in [0.25, 0.3) is 0 Å². The van der Waals surface area contributed by atoms with Crippen LogP contribution in [0.25, 0.3) is 0 Å². The summed E-state index contributed by atoms with van der Waals surface area (Å²) in [7, 11) is 0. The highest BCUT2D eigenvalue weighted by Crippen LogP contribution is 2.36. The molecule has 1 aliphatic heterocycles. The topological polar surface area (TPSA) is 42.0 Å². The Morgan fingerprint density at radius 3 is 2.93 bits per heavy atom. The van der Waals surface area contributed by atoms with Crippen LogP contribution < -0.4 is 5.32 Å². The fourth-order valence-electron chi connectivity index (χ4n) is 1.58. The molecule has 5 heteroatoms. The molecule has 1 aromatic rings. The van der Waals surface area contributed by atoms with Gasteiger partial charge in [-0.1, -0.05) is 23.1 Å². The number of rotatable bonds is 1. The van der Waals surface area contributed by atoms with Gasteiger partial charge in [0, 0.05) is 12.0 Å². The average molecular weight is 242 g/mol. The minimum atomic E-state index is -0.0108. The van der Waals surface area contributed by atoms with Crippen LogP contribution in [0.1, 0.15) is 37.2 Å². The van der Waals surface area contributed by atoms with E-state index in [1.54, 1.807) is 23.1 Å². The fourth-order valence-corrected chi connectivity index (χ4v) is 3.24. The highest BCUT2D eigenvalue weighted by atomic mass is 32.2. The summed E-state index contributed by atoms with van der Waals surface area (Å²) in [5, 5.41) is 4.34. The number of aromatic nitrogens is 1. The van der Waals surface area contributed by atoms with E-state index in [4.69, 9.17) is 0 Å². The van der Waals surface area contributed by atoms with Gasteiger partial charge in [-0.2, -0.15) is 0 Å². The smallest absolute Gasteiger partial charge is 0.184 e. The molecule has 0 radical (unpaired) electrons. The van der Waals surface area contributed by atoms with Crippen LogP contribution in [0.2, 0.25) is 0 Å². The molecule has 0 saturated heterocycles. The number of hydrogen-bond donors (Lipinski definition) is 1. The zero-order valence-electron chi connectivity index (χ0n) is 9.09. The van der Waals surface area contributed by atoms with Crippen molar-refractivity contribution in [3.05, 3.63) is 5.69 Å². The summed E-state index contributed by atoms with van der Waals surface area (Å²) >= 11 is 3.16. The minimum Gasteiger partial charge on any atom is -0.370 e. The maximum Gasteiger partial charge on any atom is 0.184 e. The molecule has 2 rings (SSSR count). The second-order valence-electron chi connectivity index (χ2n) is 4.29. The van der Waals surface area contributed by atoms with Gasteiger partial charge in [-0.15, -0.1) is 0 Å². The van der Waals surface area contributed by atoms with Crippen molar-refractivity contribution >= 4 is 33.9 Å². The number of nitrogens with zero attached hydrogens (tertiary/aromatic N) is 1. The van der Waals surface area contributed by atoms with Gasteiger partial charge in [0.15, 0.2) is 10.1 Å². The largest absolute Gasteiger partial charge is 0.370 e. The Morgan fingerprint density at radius 2 is 2.27 bits per heavy atom. The fraction of sp³-hybridized carbons (Fsp3) is 0.600. The standard InChI is InChI=1S/C10H14N2OS2/c1-10(2)5-4-6(13)7-8(12-10)15-9(11-7)14-3/h12H,4-5H2,1-3H3. The highest BCUT2D eigenvalue weighted by Gasteiger charge is 2.29. The Morgan fingerprint density at radius 1 is 1.53 bits per heavy atom. The number of carbonyl (C=O) groups is 1. The molecular weight excluding hydrogens is 228 g/mol. The second-order valence-corrected chi connectivity index (χ2v) is 6.35. The molecule has 2 heterocycles. The number of carbonyl (C=O) groups excluding carboxylic acids is 1. The van der Waals surface area contributed by atoms with E-state index in [-0.39, 0.29) is 11.3 Å². The molecule has 0 atom stereocenters. The summed E-state index contributed by atoms with van der Waals surface area (Å²) in [6.07, 6.45) is 3.43. The van der Waals surface area contributed by atoms with E-state index >= 15 is 0 Å². The maximum absolute atomic E-state index is 11.8. The molecule has 0 aromatic carbocycles. The van der Waals surface area contributed by atoms with Crippen LogP contribution >= 0.6 is 23.1 Å². The summed E-state index contributed by atoms with van der Waals surface area (Å²) in [5.41, 5.74) is 0.623. The lowest BCUT2D eigenvalue weighted by Gasteiger charge is -2.23. The van der Waals surface area contributed by atoms with Gasteiger partial charge in [-0.05, 0) is 26.5 Å². The molecule has 0 amide bonds. The van der Waals surface area contributed by atoms with Crippen molar-refractivity contribution in [1.29, 1.82) is 0 Å². The first kappa shape index (κ1) is 11.0. The van der Waals surface area contributed by atoms with Crippen LogP contribution in [0, 0.1) is 0 Å². The Bertz CT molecular complexity index is 398. The Balaban J connectivity index is 2.42. The van der Waals surface area contributed by atoms with Crippen LogP contribution in [0.4, 0.5) is 5.00 Å². The first-order valence-electron chi connectivity index (χ1n) is 4.88. The lowest BCUT2D eigenvalue weighted by Crippen LogP contribution is -2.29. The molecule has 0 bridgehead atoms. The zero-order chi connectivity index (χ0) is 11.1. The number of Topliss-reactive ketones (excluding diaryl/α,β-unsaturated/α-hetero) is 1. The lowest BCUT2D eigenvalue weighted by molar-refractivity contribution is 0.0974. The number of fused-ring (bicyclic) bond motifs is 1. The van der Waals surface area contributed by atoms with Gasteiger partial charge in [0.1, 0.15) is 10.7 Å². The molecule has 0 aliphatic carbocycles. The summed E-state index contributed by atoms with van der Waals surface area (Å²) < 4.78 is 0.957. The van der Waals surface area contributed by atoms with E-state index in [2.05, 4.69) is 24.1 Å². The van der Waals surface area contributed by atoms with E-state index in [0.717, 1.165) is 15.8 Å². The number of thioether (sulfide) groups is 1. The maximum atomic E-state index is 11.8. The SMILES string of the molecule is CSc1nc2c(s1)NC(C)(C)CCC2=O. The highest BCUT2D eigenvalue weighted by molar-refractivity contribution is 8.00. The number of thiazole rings is 1. The third-order valence-electron chi connectivity index (χ3n) is 2.48. The van der Waals surface area contributed by atoms with Crippen LogP contribution in [0.5, 0.6) is 0 Å². The van der Waals surface area contributed by atoms with Crippen molar-refractivity contribution in [2.24, 2.45) is 0 Å². The Kier molecular flexibility index (Phi) is 2.77.